The van der Waals surface area contributed by atoms with Crippen LogP contribution in [0.25, 0.3) is 11.0 Å². The average molecular weight is 374 g/mol. The summed E-state index contributed by atoms with van der Waals surface area (Å²) in [5, 5.41) is 0.738. The molecule has 136 valence electrons. The van der Waals surface area contributed by atoms with Gasteiger partial charge in [0, 0.05) is 17.5 Å². The van der Waals surface area contributed by atoms with Gasteiger partial charge in [-0.1, -0.05) is 26.0 Å². The van der Waals surface area contributed by atoms with Crippen LogP contribution in [0.2, 0.25) is 0 Å². The Balaban J connectivity index is 2.05. The summed E-state index contributed by atoms with van der Waals surface area (Å²) in [5.41, 5.74) is 0.607. The van der Waals surface area contributed by atoms with E-state index in [2.05, 4.69) is 0 Å². The Hall–Kier alpha value is -2.80. The van der Waals surface area contributed by atoms with Gasteiger partial charge in [0.25, 0.3) is 0 Å². The molecule has 0 atom stereocenters. The number of benzene rings is 2. The summed E-state index contributed by atoms with van der Waals surface area (Å²) in [6, 6.07) is 12.2. The van der Waals surface area contributed by atoms with E-state index in [1.807, 2.05) is 13.8 Å². The molecular formula is C19H18O6S. The van der Waals surface area contributed by atoms with Gasteiger partial charge in [0.05, 0.1) is 7.11 Å². The number of hydrogen-bond donors (Lipinski definition) is 0. The Bertz CT molecular complexity index is 1110. The second-order valence-electron chi connectivity index (χ2n) is 6.02. The summed E-state index contributed by atoms with van der Waals surface area (Å²) < 4.78 is 40.6. The van der Waals surface area contributed by atoms with Crippen LogP contribution in [-0.2, 0) is 10.1 Å². The lowest BCUT2D eigenvalue weighted by Gasteiger charge is -2.12. The van der Waals surface area contributed by atoms with E-state index in [0.717, 1.165) is 10.9 Å². The highest BCUT2D eigenvalue weighted by Gasteiger charge is 2.22. The molecule has 0 radical (unpaired) electrons. The maximum absolute atomic E-state index is 12.6. The van der Waals surface area contributed by atoms with Crippen molar-refractivity contribution in [2.45, 2.75) is 24.7 Å². The second kappa shape index (κ2) is 6.84. The van der Waals surface area contributed by atoms with Crippen molar-refractivity contribution in [2.75, 3.05) is 7.11 Å². The molecule has 3 aromatic rings. The molecule has 0 aliphatic rings. The molecule has 7 heteroatoms. The Morgan fingerprint density at radius 2 is 1.77 bits per heavy atom. The molecule has 0 bridgehead atoms. The minimum absolute atomic E-state index is 0.0486. The van der Waals surface area contributed by atoms with Crippen LogP contribution in [0.3, 0.4) is 0 Å². The van der Waals surface area contributed by atoms with Crippen LogP contribution in [-0.4, -0.2) is 15.5 Å². The van der Waals surface area contributed by atoms with Gasteiger partial charge in [-0.15, -0.1) is 0 Å². The fourth-order valence-electron chi connectivity index (χ4n) is 2.69. The van der Waals surface area contributed by atoms with E-state index in [1.165, 1.54) is 37.4 Å². The number of para-hydroxylation sites is 1. The van der Waals surface area contributed by atoms with Gasteiger partial charge in [0.2, 0.25) is 0 Å². The third-order valence-electron chi connectivity index (χ3n) is 3.91. The van der Waals surface area contributed by atoms with Gasteiger partial charge < -0.3 is 13.3 Å². The zero-order valence-corrected chi connectivity index (χ0v) is 15.4. The second-order valence-corrected chi connectivity index (χ2v) is 7.54. The predicted molar refractivity (Wildman–Crippen MR) is 97.4 cm³/mol. The molecule has 0 fully saturated rings. The van der Waals surface area contributed by atoms with Gasteiger partial charge in [-0.05, 0) is 35.7 Å². The first-order valence-electron chi connectivity index (χ1n) is 7.97. The van der Waals surface area contributed by atoms with Crippen molar-refractivity contribution < 1.29 is 21.8 Å². The SMILES string of the molecule is COc1ccccc1S(=O)(=O)Oc1ccc2c(C(C)C)cc(=O)oc2c1. The first-order chi connectivity index (χ1) is 12.3. The standard InChI is InChI=1S/C19H18O6S/c1-12(2)15-11-19(20)24-17-10-13(8-9-14(15)17)25-26(21,22)18-7-5-4-6-16(18)23-3/h4-12H,1-3H3. The Morgan fingerprint density at radius 1 is 1.04 bits per heavy atom. The van der Waals surface area contributed by atoms with Crippen molar-refractivity contribution in [1.82, 2.24) is 0 Å². The third-order valence-corrected chi connectivity index (χ3v) is 5.20. The summed E-state index contributed by atoms with van der Waals surface area (Å²) in [6.07, 6.45) is 0. The molecule has 1 aromatic heterocycles. The van der Waals surface area contributed by atoms with Crippen LogP contribution >= 0.6 is 0 Å². The van der Waals surface area contributed by atoms with Crippen molar-refractivity contribution in [3.63, 3.8) is 0 Å². The van der Waals surface area contributed by atoms with E-state index in [9.17, 15) is 13.2 Å². The van der Waals surface area contributed by atoms with Crippen LogP contribution < -0.4 is 14.5 Å². The maximum Gasteiger partial charge on any atom is 0.342 e. The molecular weight excluding hydrogens is 356 g/mol. The quantitative estimate of drug-likeness (QED) is 0.500. The monoisotopic (exact) mass is 374 g/mol. The Labute approximate surface area is 151 Å². The predicted octanol–water partition coefficient (Wildman–Crippen LogP) is 3.69. The Morgan fingerprint density at radius 3 is 2.46 bits per heavy atom. The minimum atomic E-state index is -4.11. The van der Waals surface area contributed by atoms with Crippen LogP contribution in [0.4, 0.5) is 0 Å². The normalized spacial score (nSPS) is 11.7. The number of rotatable bonds is 5. The topological polar surface area (TPSA) is 82.8 Å². The van der Waals surface area contributed by atoms with Crippen LogP contribution in [0.15, 0.2) is 62.6 Å². The van der Waals surface area contributed by atoms with Crippen LogP contribution in [0, 0.1) is 0 Å². The molecule has 0 spiro atoms. The minimum Gasteiger partial charge on any atom is -0.495 e. The first-order valence-corrected chi connectivity index (χ1v) is 9.38. The number of fused-ring (bicyclic) bond motifs is 1. The lowest BCUT2D eigenvalue weighted by Crippen LogP contribution is -2.11. The van der Waals surface area contributed by atoms with E-state index < -0.39 is 15.7 Å². The maximum atomic E-state index is 12.6. The molecule has 26 heavy (non-hydrogen) atoms. The third kappa shape index (κ3) is 3.43. The van der Waals surface area contributed by atoms with Gasteiger partial charge in [0.15, 0.2) is 0 Å². The number of hydrogen-bond acceptors (Lipinski definition) is 6. The lowest BCUT2D eigenvalue weighted by molar-refractivity contribution is 0.398. The summed E-state index contributed by atoms with van der Waals surface area (Å²) >= 11 is 0. The molecule has 0 amide bonds. The van der Waals surface area contributed by atoms with Crippen molar-refractivity contribution in [1.29, 1.82) is 0 Å². The molecule has 0 saturated heterocycles. The summed E-state index contributed by atoms with van der Waals surface area (Å²) in [6.45, 7) is 3.93. The molecule has 1 heterocycles. The highest BCUT2D eigenvalue weighted by Crippen LogP contribution is 2.30. The van der Waals surface area contributed by atoms with Gasteiger partial charge in [0.1, 0.15) is 22.0 Å². The van der Waals surface area contributed by atoms with Crippen molar-refractivity contribution in [2.24, 2.45) is 0 Å². The molecule has 0 N–H and O–H groups in total. The van der Waals surface area contributed by atoms with E-state index in [4.69, 9.17) is 13.3 Å². The zero-order chi connectivity index (χ0) is 18.9. The largest absolute Gasteiger partial charge is 0.495 e. The van der Waals surface area contributed by atoms with E-state index in [0.29, 0.717) is 0 Å². The Kier molecular flexibility index (Phi) is 4.73. The highest BCUT2D eigenvalue weighted by atomic mass is 32.2. The summed E-state index contributed by atoms with van der Waals surface area (Å²) in [7, 11) is -2.72. The molecule has 0 aliphatic carbocycles. The molecule has 6 nitrogen and oxygen atoms in total. The van der Waals surface area contributed by atoms with Gasteiger partial charge >= 0.3 is 15.7 Å². The van der Waals surface area contributed by atoms with Gasteiger partial charge in [-0.3, -0.25) is 0 Å². The van der Waals surface area contributed by atoms with E-state index in [-0.39, 0.29) is 27.9 Å². The molecule has 0 aliphatic heterocycles. The van der Waals surface area contributed by atoms with Crippen molar-refractivity contribution in [3.8, 4) is 11.5 Å². The fourth-order valence-corrected chi connectivity index (χ4v) is 3.78. The van der Waals surface area contributed by atoms with E-state index >= 15 is 0 Å². The number of ether oxygens (including phenoxy) is 1. The molecule has 2 aromatic carbocycles. The number of methoxy groups -OCH3 is 1. The average Bonchev–Trinajstić information content (AvgIpc) is 2.60. The van der Waals surface area contributed by atoms with Crippen LogP contribution in [0.5, 0.6) is 11.5 Å². The highest BCUT2D eigenvalue weighted by molar-refractivity contribution is 7.87. The molecule has 3 rings (SSSR count). The van der Waals surface area contributed by atoms with Crippen molar-refractivity contribution >= 4 is 21.1 Å². The van der Waals surface area contributed by atoms with Crippen LogP contribution in [0.1, 0.15) is 25.3 Å². The summed E-state index contributed by atoms with van der Waals surface area (Å²) in [4.78, 5) is 11.7. The molecule has 0 saturated carbocycles. The molecule has 0 unspecified atom stereocenters. The fraction of sp³-hybridized carbons (Fsp3) is 0.211. The van der Waals surface area contributed by atoms with Gasteiger partial charge in [-0.2, -0.15) is 8.42 Å². The zero-order valence-electron chi connectivity index (χ0n) is 14.6. The van der Waals surface area contributed by atoms with E-state index in [1.54, 1.807) is 18.2 Å². The first kappa shape index (κ1) is 18.0. The lowest BCUT2D eigenvalue weighted by atomic mass is 10.00. The summed E-state index contributed by atoms with van der Waals surface area (Å²) in [5.74, 6) is 0.347. The van der Waals surface area contributed by atoms with Crippen molar-refractivity contribution in [3.05, 3.63) is 64.5 Å². The smallest absolute Gasteiger partial charge is 0.342 e. The van der Waals surface area contributed by atoms with Gasteiger partial charge in [-0.25, -0.2) is 4.79 Å².